The zero-order chi connectivity index (χ0) is 15.7. The second-order valence-electron chi connectivity index (χ2n) is 6.40. The number of nitrogens with one attached hydrogen (secondary N) is 1. The van der Waals surface area contributed by atoms with E-state index in [0.29, 0.717) is 0 Å². The van der Waals surface area contributed by atoms with Crippen molar-refractivity contribution in [3.63, 3.8) is 0 Å². The van der Waals surface area contributed by atoms with Crippen LogP contribution in [0.15, 0.2) is 4.99 Å². The van der Waals surface area contributed by atoms with Gasteiger partial charge in [-0.15, -0.1) is 24.0 Å². The Balaban J connectivity index is 0.00000441. The Bertz CT molecular complexity index is 321. The Labute approximate surface area is 158 Å². The summed E-state index contributed by atoms with van der Waals surface area (Å²) in [7, 11) is 2.15. The van der Waals surface area contributed by atoms with E-state index in [1.54, 1.807) is 0 Å². The topological polar surface area (TPSA) is 36.9 Å². The second-order valence-corrected chi connectivity index (χ2v) is 7.91. The van der Waals surface area contributed by atoms with Crippen LogP contribution in [0.25, 0.3) is 0 Å². The van der Waals surface area contributed by atoms with Gasteiger partial charge in [-0.1, -0.05) is 0 Å². The number of ether oxygens (including phenoxy) is 1. The number of nitrogens with zero attached hydrogens (tertiary/aromatic N) is 2. The van der Waals surface area contributed by atoms with E-state index in [9.17, 15) is 0 Å². The standard InChI is InChI=1S/C16H33N3OS.HI/c1-6-17-15(18-13-16(2,3)21-5)19(4)10-7-14-8-11-20-12-9-14;/h14H,6-13H2,1-5H3,(H,17,18);1H. The lowest BCUT2D eigenvalue weighted by Gasteiger charge is -2.28. The molecular formula is C16H34IN3OS. The molecule has 0 aromatic rings. The van der Waals surface area contributed by atoms with E-state index in [4.69, 9.17) is 9.73 Å². The van der Waals surface area contributed by atoms with Crippen LogP contribution in [0.5, 0.6) is 0 Å². The zero-order valence-electron chi connectivity index (χ0n) is 14.9. The maximum Gasteiger partial charge on any atom is 0.193 e. The Morgan fingerprint density at radius 2 is 2.00 bits per heavy atom. The van der Waals surface area contributed by atoms with E-state index in [0.717, 1.165) is 44.7 Å². The molecule has 0 spiro atoms. The molecule has 1 N–H and O–H groups in total. The van der Waals surface area contributed by atoms with E-state index < -0.39 is 0 Å². The van der Waals surface area contributed by atoms with Gasteiger partial charge < -0.3 is 15.0 Å². The number of thioether (sulfide) groups is 1. The van der Waals surface area contributed by atoms with E-state index in [1.807, 2.05) is 11.8 Å². The van der Waals surface area contributed by atoms with Gasteiger partial charge in [-0.3, -0.25) is 4.99 Å². The lowest BCUT2D eigenvalue weighted by molar-refractivity contribution is 0.0625. The fraction of sp³-hybridized carbons (Fsp3) is 0.938. The first-order valence-electron chi connectivity index (χ1n) is 8.11. The molecule has 0 radical (unpaired) electrons. The molecule has 1 fully saturated rings. The molecule has 0 saturated carbocycles. The fourth-order valence-electron chi connectivity index (χ4n) is 2.32. The summed E-state index contributed by atoms with van der Waals surface area (Å²) in [5.41, 5.74) is 0. The lowest BCUT2D eigenvalue weighted by atomic mass is 9.96. The van der Waals surface area contributed by atoms with Crippen LogP contribution in [-0.4, -0.2) is 61.8 Å². The zero-order valence-corrected chi connectivity index (χ0v) is 18.0. The van der Waals surface area contributed by atoms with Crippen LogP contribution in [0.2, 0.25) is 0 Å². The van der Waals surface area contributed by atoms with Crippen LogP contribution in [0.4, 0.5) is 0 Å². The summed E-state index contributed by atoms with van der Waals surface area (Å²) in [5, 5.41) is 3.41. The number of guanidine groups is 1. The quantitative estimate of drug-likeness (QED) is 0.372. The third-order valence-electron chi connectivity index (χ3n) is 4.07. The number of hydrogen-bond acceptors (Lipinski definition) is 3. The molecule has 0 atom stereocenters. The van der Waals surface area contributed by atoms with E-state index in [-0.39, 0.29) is 28.7 Å². The minimum Gasteiger partial charge on any atom is -0.381 e. The van der Waals surface area contributed by atoms with Crippen molar-refractivity contribution in [3.05, 3.63) is 0 Å². The van der Waals surface area contributed by atoms with Gasteiger partial charge in [0.05, 0.1) is 6.54 Å². The third kappa shape index (κ3) is 8.82. The number of hydrogen-bond donors (Lipinski definition) is 1. The highest BCUT2D eigenvalue weighted by molar-refractivity contribution is 14.0. The third-order valence-corrected chi connectivity index (χ3v) is 5.31. The van der Waals surface area contributed by atoms with Gasteiger partial charge in [0.2, 0.25) is 0 Å². The van der Waals surface area contributed by atoms with Gasteiger partial charge in [-0.2, -0.15) is 11.8 Å². The van der Waals surface area contributed by atoms with Gasteiger partial charge in [0.15, 0.2) is 5.96 Å². The summed E-state index contributed by atoms with van der Waals surface area (Å²) >= 11 is 1.87. The highest BCUT2D eigenvalue weighted by Crippen LogP contribution is 2.21. The number of aliphatic imine (C=N–C) groups is 1. The van der Waals surface area contributed by atoms with Gasteiger partial charge in [-0.05, 0) is 52.2 Å². The Hall–Kier alpha value is 0.310. The Morgan fingerprint density at radius 3 is 2.55 bits per heavy atom. The number of rotatable bonds is 7. The molecule has 132 valence electrons. The van der Waals surface area contributed by atoms with E-state index in [1.165, 1.54) is 19.3 Å². The van der Waals surface area contributed by atoms with E-state index in [2.05, 4.69) is 44.3 Å². The molecule has 0 amide bonds. The van der Waals surface area contributed by atoms with Crippen LogP contribution in [-0.2, 0) is 4.74 Å². The van der Waals surface area contributed by atoms with Gasteiger partial charge in [-0.25, -0.2) is 0 Å². The molecule has 22 heavy (non-hydrogen) atoms. The molecule has 0 aromatic carbocycles. The van der Waals surface area contributed by atoms with Crippen molar-refractivity contribution in [1.82, 2.24) is 10.2 Å². The molecule has 4 nitrogen and oxygen atoms in total. The summed E-state index contributed by atoms with van der Waals surface area (Å²) in [5.74, 6) is 1.85. The van der Waals surface area contributed by atoms with E-state index >= 15 is 0 Å². The largest absolute Gasteiger partial charge is 0.381 e. The average Bonchev–Trinajstić information content (AvgIpc) is 2.50. The summed E-state index contributed by atoms with van der Waals surface area (Å²) in [6.45, 7) is 11.3. The minimum atomic E-state index is 0. The second kappa shape index (κ2) is 11.8. The normalized spacial score (nSPS) is 17.0. The molecule has 1 rings (SSSR count). The number of halogens is 1. The van der Waals surface area contributed by atoms with Gasteiger partial charge >= 0.3 is 0 Å². The fourth-order valence-corrected chi connectivity index (χ4v) is 2.51. The first kappa shape index (κ1) is 22.3. The van der Waals surface area contributed by atoms with Crippen LogP contribution >= 0.6 is 35.7 Å². The van der Waals surface area contributed by atoms with Crippen LogP contribution in [0.3, 0.4) is 0 Å². The molecule has 6 heteroatoms. The average molecular weight is 443 g/mol. The van der Waals surface area contributed by atoms with Gasteiger partial charge in [0.25, 0.3) is 0 Å². The summed E-state index contributed by atoms with van der Waals surface area (Å²) in [6, 6.07) is 0. The molecule has 0 aliphatic carbocycles. The molecule has 1 heterocycles. The lowest BCUT2D eigenvalue weighted by Crippen LogP contribution is -2.41. The molecular weight excluding hydrogens is 409 g/mol. The molecule has 1 aliphatic rings. The van der Waals surface area contributed by atoms with Crippen molar-refractivity contribution < 1.29 is 4.74 Å². The van der Waals surface area contributed by atoms with Crippen molar-refractivity contribution in [2.45, 2.75) is 44.8 Å². The highest BCUT2D eigenvalue weighted by atomic mass is 127. The summed E-state index contributed by atoms with van der Waals surface area (Å²) in [4.78, 5) is 7.08. The monoisotopic (exact) mass is 443 g/mol. The smallest absolute Gasteiger partial charge is 0.193 e. The van der Waals surface area contributed by atoms with Crippen molar-refractivity contribution in [2.75, 3.05) is 46.2 Å². The van der Waals surface area contributed by atoms with Gasteiger partial charge in [0.1, 0.15) is 0 Å². The minimum absolute atomic E-state index is 0. The Morgan fingerprint density at radius 1 is 1.36 bits per heavy atom. The predicted octanol–water partition coefficient (Wildman–Crippen LogP) is 3.46. The molecule has 1 aliphatic heterocycles. The Kier molecular flexibility index (Phi) is 12.0. The SMILES string of the molecule is CCNC(=NCC(C)(C)SC)N(C)CCC1CCOCC1.I. The summed E-state index contributed by atoms with van der Waals surface area (Å²) in [6.07, 6.45) is 5.80. The first-order valence-corrected chi connectivity index (χ1v) is 9.33. The molecule has 1 saturated heterocycles. The van der Waals surface area contributed by atoms with Crippen molar-refractivity contribution in [1.29, 1.82) is 0 Å². The molecule has 0 bridgehead atoms. The maximum absolute atomic E-state index is 5.43. The van der Waals surface area contributed by atoms with Crippen LogP contribution in [0.1, 0.15) is 40.0 Å². The van der Waals surface area contributed by atoms with Gasteiger partial charge in [0, 0.05) is 38.1 Å². The molecule has 0 aromatic heterocycles. The highest BCUT2D eigenvalue weighted by Gasteiger charge is 2.18. The summed E-state index contributed by atoms with van der Waals surface area (Å²) < 4.78 is 5.63. The maximum atomic E-state index is 5.43. The molecule has 0 unspecified atom stereocenters. The first-order chi connectivity index (χ1) is 9.98. The predicted molar refractivity (Wildman–Crippen MR) is 110 cm³/mol. The van der Waals surface area contributed by atoms with Crippen molar-refractivity contribution >= 4 is 41.7 Å². The van der Waals surface area contributed by atoms with Crippen molar-refractivity contribution in [2.24, 2.45) is 10.9 Å². The van der Waals surface area contributed by atoms with Crippen molar-refractivity contribution in [3.8, 4) is 0 Å². The van der Waals surface area contributed by atoms with Crippen LogP contribution in [0, 0.1) is 5.92 Å². The van der Waals surface area contributed by atoms with Crippen LogP contribution < -0.4 is 5.32 Å².